The van der Waals surface area contributed by atoms with Gasteiger partial charge in [-0.25, -0.2) is 0 Å². The summed E-state index contributed by atoms with van der Waals surface area (Å²) in [7, 11) is 1.65. The van der Waals surface area contributed by atoms with Crippen molar-refractivity contribution >= 4 is 0 Å². The van der Waals surface area contributed by atoms with Crippen molar-refractivity contribution in [3.8, 4) is 5.75 Å². The summed E-state index contributed by atoms with van der Waals surface area (Å²) >= 11 is 0. The molecule has 96 valence electrons. The molecule has 2 rings (SSSR count). The van der Waals surface area contributed by atoms with Crippen molar-refractivity contribution in [2.45, 2.75) is 12.6 Å². The first-order valence-electron chi connectivity index (χ1n) is 5.84. The van der Waals surface area contributed by atoms with Gasteiger partial charge >= 0.3 is 0 Å². The van der Waals surface area contributed by atoms with Gasteiger partial charge in [0.05, 0.1) is 13.4 Å². The highest BCUT2D eigenvalue weighted by atomic mass is 16.5. The van der Waals surface area contributed by atoms with E-state index in [-0.39, 0.29) is 0 Å². The van der Waals surface area contributed by atoms with Crippen LogP contribution < -0.4 is 10.1 Å². The lowest BCUT2D eigenvalue weighted by molar-refractivity contribution is 0.147. The summed E-state index contributed by atoms with van der Waals surface area (Å²) in [4.78, 5) is 0. The van der Waals surface area contributed by atoms with Gasteiger partial charge in [-0.1, -0.05) is 12.1 Å². The molecule has 0 bridgehead atoms. The van der Waals surface area contributed by atoms with Crippen molar-refractivity contribution in [2.75, 3.05) is 13.7 Å². The fourth-order valence-corrected chi connectivity index (χ4v) is 1.72. The van der Waals surface area contributed by atoms with Gasteiger partial charge in [-0.3, -0.25) is 0 Å². The summed E-state index contributed by atoms with van der Waals surface area (Å²) in [5.74, 6) is 1.41. The van der Waals surface area contributed by atoms with Crippen LogP contribution in [0.2, 0.25) is 0 Å². The van der Waals surface area contributed by atoms with Crippen molar-refractivity contribution in [3.63, 3.8) is 0 Å². The Labute approximate surface area is 106 Å². The number of aliphatic hydroxyl groups is 1. The Hall–Kier alpha value is -1.78. The van der Waals surface area contributed by atoms with Gasteiger partial charge in [-0.2, -0.15) is 0 Å². The lowest BCUT2D eigenvalue weighted by atomic mass is 10.2. The Morgan fingerprint density at radius 3 is 2.94 bits per heavy atom. The van der Waals surface area contributed by atoms with Crippen LogP contribution in [-0.2, 0) is 6.54 Å². The zero-order valence-electron chi connectivity index (χ0n) is 10.3. The first-order valence-corrected chi connectivity index (χ1v) is 5.84. The minimum atomic E-state index is -0.620. The molecule has 0 saturated heterocycles. The molecular formula is C14H17NO3. The summed E-state index contributed by atoms with van der Waals surface area (Å²) in [6.07, 6.45) is 0.936. The first kappa shape index (κ1) is 12.7. The second-order valence-corrected chi connectivity index (χ2v) is 4.01. The van der Waals surface area contributed by atoms with E-state index < -0.39 is 6.10 Å². The Bertz CT molecular complexity index is 468. The van der Waals surface area contributed by atoms with E-state index in [9.17, 15) is 5.11 Å². The molecule has 1 atom stereocenters. The SMILES string of the molecule is COc1cccc(CNCC(O)c2ccco2)c1. The van der Waals surface area contributed by atoms with Gasteiger partial charge in [0.1, 0.15) is 17.6 Å². The maximum absolute atomic E-state index is 9.81. The van der Waals surface area contributed by atoms with E-state index in [0.717, 1.165) is 11.3 Å². The van der Waals surface area contributed by atoms with E-state index >= 15 is 0 Å². The van der Waals surface area contributed by atoms with Gasteiger partial charge in [0.15, 0.2) is 0 Å². The Kier molecular flexibility index (Phi) is 4.39. The standard InChI is InChI=1S/C14H17NO3/c1-17-12-5-2-4-11(8-12)9-15-10-13(16)14-6-3-7-18-14/h2-8,13,15-16H,9-10H2,1H3. The molecule has 18 heavy (non-hydrogen) atoms. The van der Waals surface area contributed by atoms with E-state index in [0.29, 0.717) is 18.8 Å². The molecule has 0 aliphatic carbocycles. The molecule has 1 aromatic heterocycles. The van der Waals surface area contributed by atoms with Crippen LogP contribution in [0.5, 0.6) is 5.75 Å². The van der Waals surface area contributed by atoms with Crippen LogP contribution in [0.3, 0.4) is 0 Å². The maximum atomic E-state index is 9.81. The summed E-state index contributed by atoms with van der Waals surface area (Å²) in [6.45, 7) is 1.12. The minimum Gasteiger partial charge on any atom is -0.497 e. The van der Waals surface area contributed by atoms with E-state index in [1.54, 1.807) is 25.5 Å². The predicted molar refractivity (Wildman–Crippen MR) is 68.4 cm³/mol. The number of furan rings is 1. The number of ether oxygens (including phenoxy) is 1. The minimum absolute atomic E-state index is 0.449. The first-order chi connectivity index (χ1) is 8.79. The van der Waals surface area contributed by atoms with E-state index in [4.69, 9.17) is 9.15 Å². The van der Waals surface area contributed by atoms with Crippen LogP contribution in [0.15, 0.2) is 47.1 Å². The monoisotopic (exact) mass is 247 g/mol. The average Bonchev–Trinajstić information content (AvgIpc) is 2.93. The third-order valence-corrected chi connectivity index (χ3v) is 2.67. The summed E-state index contributed by atoms with van der Waals surface area (Å²) in [5.41, 5.74) is 1.11. The van der Waals surface area contributed by atoms with Crippen LogP contribution in [-0.4, -0.2) is 18.8 Å². The molecule has 0 aliphatic heterocycles. The number of nitrogens with one attached hydrogen (secondary N) is 1. The van der Waals surface area contributed by atoms with Crippen LogP contribution in [0.25, 0.3) is 0 Å². The van der Waals surface area contributed by atoms with Crippen molar-refractivity contribution in [2.24, 2.45) is 0 Å². The zero-order valence-corrected chi connectivity index (χ0v) is 10.3. The molecule has 1 unspecified atom stereocenters. The zero-order chi connectivity index (χ0) is 12.8. The third kappa shape index (κ3) is 3.35. The van der Waals surface area contributed by atoms with Crippen molar-refractivity contribution in [1.29, 1.82) is 0 Å². The van der Waals surface area contributed by atoms with E-state index in [1.165, 1.54) is 0 Å². The van der Waals surface area contributed by atoms with E-state index in [2.05, 4.69) is 5.32 Å². The molecule has 1 aromatic carbocycles. The van der Waals surface area contributed by atoms with Gasteiger partial charge in [-0.15, -0.1) is 0 Å². The van der Waals surface area contributed by atoms with Gasteiger partial charge in [-0.05, 0) is 29.8 Å². The molecule has 2 N–H and O–H groups in total. The smallest absolute Gasteiger partial charge is 0.133 e. The van der Waals surface area contributed by atoms with Crippen LogP contribution >= 0.6 is 0 Å². The third-order valence-electron chi connectivity index (χ3n) is 2.67. The largest absolute Gasteiger partial charge is 0.497 e. The van der Waals surface area contributed by atoms with Crippen LogP contribution in [0.4, 0.5) is 0 Å². The predicted octanol–water partition coefficient (Wildman–Crippen LogP) is 2.11. The molecule has 2 aromatic rings. The molecule has 4 heteroatoms. The van der Waals surface area contributed by atoms with Crippen molar-refractivity contribution < 1.29 is 14.3 Å². The van der Waals surface area contributed by atoms with Gasteiger partial charge in [0.25, 0.3) is 0 Å². The number of rotatable bonds is 6. The van der Waals surface area contributed by atoms with Crippen LogP contribution in [0.1, 0.15) is 17.4 Å². The highest BCUT2D eigenvalue weighted by Crippen LogP contribution is 2.14. The molecule has 1 heterocycles. The number of hydrogen-bond acceptors (Lipinski definition) is 4. The van der Waals surface area contributed by atoms with E-state index in [1.807, 2.05) is 24.3 Å². The van der Waals surface area contributed by atoms with Crippen LogP contribution in [0, 0.1) is 0 Å². The Balaban J connectivity index is 1.81. The molecule has 0 amide bonds. The fraction of sp³-hybridized carbons (Fsp3) is 0.286. The molecule has 0 saturated carbocycles. The number of hydrogen-bond donors (Lipinski definition) is 2. The lowest BCUT2D eigenvalue weighted by Crippen LogP contribution is -2.20. The van der Waals surface area contributed by atoms with Gasteiger partial charge in [0, 0.05) is 13.1 Å². The van der Waals surface area contributed by atoms with Gasteiger partial charge < -0.3 is 19.6 Å². The number of aliphatic hydroxyl groups excluding tert-OH is 1. The second kappa shape index (κ2) is 6.23. The molecular weight excluding hydrogens is 230 g/mol. The molecule has 0 aliphatic rings. The highest BCUT2D eigenvalue weighted by Gasteiger charge is 2.09. The molecule has 4 nitrogen and oxygen atoms in total. The molecule has 0 spiro atoms. The summed E-state index contributed by atoms with van der Waals surface area (Å²) in [5, 5.41) is 13.0. The Morgan fingerprint density at radius 2 is 2.22 bits per heavy atom. The van der Waals surface area contributed by atoms with Crippen molar-refractivity contribution in [3.05, 3.63) is 54.0 Å². The molecule has 0 fully saturated rings. The topological polar surface area (TPSA) is 54.6 Å². The second-order valence-electron chi connectivity index (χ2n) is 4.01. The highest BCUT2D eigenvalue weighted by molar-refractivity contribution is 5.28. The molecule has 0 radical (unpaired) electrons. The van der Waals surface area contributed by atoms with Crippen molar-refractivity contribution in [1.82, 2.24) is 5.32 Å². The number of methoxy groups -OCH3 is 1. The average molecular weight is 247 g/mol. The summed E-state index contributed by atoms with van der Waals surface area (Å²) in [6, 6.07) is 11.3. The normalized spacial score (nSPS) is 12.3. The van der Waals surface area contributed by atoms with Gasteiger partial charge in [0.2, 0.25) is 0 Å². The summed E-state index contributed by atoms with van der Waals surface area (Å²) < 4.78 is 10.3. The fourth-order valence-electron chi connectivity index (χ4n) is 1.72. The Morgan fingerprint density at radius 1 is 1.33 bits per heavy atom. The quantitative estimate of drug-likeness (QED) is 0.821. The number of benzene rings is 1. The maximum Gasteiger partial charge on any atom is 0.133 e. The lowest BCUT2D eigenvalue weighted by Gasteiger charge is -2.10.